The SMILES string of the molecule is CC(N)(CO)CCc1ccc(OCCCc2ccc(Cl)c(Cl)c2)c(C(F)(F)F)c1.Cl. The normalized spacial score (nSPS) is 13.5. The number of aliphatic hydroxyl groups excluding tert-OH is 1. The van der Waals surface area contributed by atoms with Gasteiger partial charge in [-0.3, -0.25) is 0 Å². The van der Waals surface area contributed by atoms with Gasteiger partial charge in [-0.1, -0.05) is 35.3 Å². The van der Waals surface area contributed by atoms with Gasteiger partial charge < -0.3 is 15.6 Å². The molecule has 0 saturated heterocycles. The first-order chi connectivity index (χ1) is 13.5. The second kappa shape index (κ2) is 11.4. The van der Waals surface area contributed by atoms with Crippen molar-refractivity contribution >= 4 is 35.6 Å². The number of benzene rings is 2. The molecule has 0 aliphatic rings. The minimum absolute atomic E-state index is 0. The number of nitrogens with two attached hydrogens (primary N) is 1. The van der Waals surface area contributed by atoms with Crippen LogP contribution >= 0.6 is 35.6 Å². The van der Waals surface area contributed by atoms with Gasteiger partial charge in [0.25, 0.3) is 0 Å². The van der Waals surface area contributed by atoms with Crippen LogP contribution in [0.15, 0.2) is 36.4 Å². The summed E-state index contributed by atoms with van der Waals surface area (Å²) in [7, 11) is 0. The molecule has 0 aliphatic heterocycles. The molecule has 0 aliphatic carbocycles. The van der Waals surface area contributed by atoms with E-state index in [9.17, 15) is 18.3 Å². The van der Waals surface area contributed by atoms with Crippen molar-refractivity contribution < 1.29 is 23.0 Å². The van der Waals surface area contributed by atoms with Crippen molar-refractivity contribution in [3.05, 3.63) is 63.1 Å². The van der Waals surface area contributed by atoms with Crippen LogP contribution in [-0.2, 0) is 19.0 Å². The van der Waals surface area contributed by atoms with Crippen molar-refractivity contribution in [2.45, 2.75) is 44.3 Å². The van der Waals surface area contributed by atoms with E-state index < -0.39 is 17.3 Å². The minimum atomic E-state index is -4.53. The van der Waals surface area contributed by atoms with E-state index in [0.29, 0.717) is 41.3 Å². The molecule has 2 rings (SSSR count). The molecule has 0 aromatic heterocycles. The standard InChI is InChI=1S/C21H24Cl2F3NO2.ClH/c1-20(27,13-28)9-8-15-5-7-19(16(11-15)21(24,25)26)29-10-2-3-14-4-6-17(22)18(23)12-14;/h4-7,11-12,28H,2-3,8-10,13,27H2,1H3;1H. The van der Waals surface area contributed by atoms with E-state index in [1.807, 2.05) is 6.07 Å². The van der Waals surface area contributed by atoms with Gasteiger partial charge in [-0.15, -0.1) is 12.4 Å². The van der Waals surface area contributed by atoms with Crippen molar-refractivity contribution in [2.24, 2.45) is 5.73 Å². The smallest absolute Gasteiger partial charge is 0.419 e. The molecule has 0 amide bonds. The summed E-state index contributed by atoms with van der Waals surface area (Å²) in [5.74, 6) is -0.201. The second-order valence-electron chi connectivity index (χ2n) is 7.34. The molecule has 1 atom stereocenters. The van der Waals surface area contributed by atoms with Gasteiger partial charge in [0, 0.05) is 5.54 Å². The third-order valence-corrected chi connectivity index (χ3v) is 5.29. The first-order valence-corrected chi connectivity index (χ1v) is 9.94. The molecule has 1 unspecified atom stereocenters. The number of halogens is 6. The third-order valence-electron chi connectivity index (χ3n) is 4.55. The fourth-order valence-electron chi connectivity index (χ4n) is 2.74. The fourth-order valence-corrected chi connectivity index (χ4v) is 3.06. The highest BCUT2D eigenvalue weighted by molar-refractivity contribution is 6.42. The highest BCUT2D eigenvalue weighted by Crippen LogP contribution is 2.37. The molecule has 0 heterocycles. The maximum Gasteiger partial charge on any atom is 0.419 e. The zero-order valence-electron chi connectivity index (χ0n) is 16.4. The summed E-state index contributed by atoms with van der Waals surface area (Å²) in [6.07, 6.45) is -2.71. The number of alkyl halides is 3. The molecule has 3 nitrogen and oxygen atoms in total. The Hall–Kier alpha value is -1.18. The lowest BCUT2D eigenvalue weighted by Gasteiger charge is -2.22. The molecular weight excluding hydrogens is 462 g/mol. The molecule has 3 N–H and O–H groups in total. The summed E-state index contributed by atoms with van der Waals surface area (Å²) in [6, 6.07) is 9.26. The van der Waals surface area contributed by atoms with Gasteiger partial charge in [0.15, 0.2) is 0 Å². The topological polar surface area (TPSA) is 55.5 Å². The van der Waals surface area contributed by atoms with Crippen LogP contribution in [-0.4, -0.2) is 23.9 Å². The summed E-state index contributed by atoms with van der Waals surface area (Å²) < 4.78 is 45.8. The minimum Gasteiger partial charge on any atom is -0.493 e. The molecule has 2 aromatic carbocycles. The predicted molar refractivity (Wildman–Crippen MR) is 117 cm³/mol. The highest BCUT2D eigenvalue weighted by Gasteiger charge is 2.34. The zero-order valence-corrected chi connectivity index (χ0v) is 18.8. The van der Waals surface area contributed by atoms with Crippen molar-refractivity contribution in [1.29, 1.82) is 0 Å². The Bertz CT molecular complexity index is 830. The molecule has 0 spiro atoms. The first-order valence-electron chi connectivity index (χ1n) is 9.18. The molecule has 0 fully saturated rings. The Morgan fingerprint density at radius 1 is 1.00 bits per heavy atom. The van der Waals surface area contributed by atoms with Gasteiger partial charge in [0.05, 0.1) is 28.8 Å². The van der Waals surface area contributed by atoms with E-state index in [1.165, 1.54) is 6.07 Å². The molecule has 2 aromatic rings. The van der Waals surface area contributed by atoms with Gasteiger partial charge in [0.1, 0.15) is 5.75 Å². The number of aryl methyl sites for hydroxylation is 2. The summed E-state index contributed by atoms with van der Waals surface area (Å²) in [6.45, 7) is 1.55. The van der Waals surface area contributed by atoms with Gasteiger partial charge in [0.2, 0.25) is 0 Å². The van der Waals surface area contributed by atoms with E-state index in [4.69, 9.17) is 33.7 Å². The molecular formula is C21H25Cl3F3NO2. The van der Waals surface area contributed by atoms with Crippen LogP contribution < -0.4 is 10.5 Å². The average Bonchev–Trinajstić information content (AvgIpc) is 2.66. The van der Waals surface area contributed by atoms with Crippen molar-refractivity contribution in [3.8, 4) is 5.75 Å². The summed E-state index contributed by atoms with van der Waals surface area (Å²) >= 11 is 11.8. The molecule has 0 saturated carbocycles. The largest absolute Gasteiger partial charge is 0.493 e. The highest BCUT2D eigenvalue weighted by atomic mass is 35.5. The second-order valence-corrected chi connectivity index (χ2v) is 8.16. The maximum atomic E-state index is 13.5. The number of rotatable bonds is 9. The lowest BCUT2D eigenvalue weighted by molar-refractivity contribution is -0.139. The number of ether oxygens (including phenoxy) is 1. The van der Waals surface area contributed by atoms with Crippen LogP contribution in [0.4, 0.5) is 13.2 Å². The van der Waals surface area contributed by atoms with Crippen LogP contribution in [0.1, 0.15) is 36.5 Å². The van der Waals surface area contributed by atoms with Gasteiger partial charge in [-0.05, 0) is 68.0 Å². The Morgan fingerprint density at radius 3 is 2.23 bits per heavy atom. The Kier molecular flexibility index (Phi) is 10.2. The lowest BCUT2D eigenvalue weighted by Crippen LogP contribution is -2.40. The number of hydrogen-bond acceptors (Lipinski definition) is 3. The van der Waals surface area contributed by atoms with Crippen LogP contribution in [0.25, 0.3) is 0 Å². The first kappa shape index (κ1) is 26.9. The predicted octanol–water partition coefficient (Wildman–Crippen LogP) is 6.09. The fraction of sp³-hybridized carbons (Fsp3) is 0.429. The Morgan fingerprint density at radius 2 is 1.63 bits per heavy atom. The van der Waals surface area contributed by atoms with Crippen LogP contribution in [0.2, 0.25) is 10.0 Å². The molecule has 9 heteroatoms. The Labute approximate surface area is 190 Å². The van der Waals surface area contributed by atoms with Gasteiger partial charge >= 0.3 is 6.18 Å². The van der Waals surface area contributed by atoms with Crippen molar-refractivity contribution in [3.63, 3.8) is 0 Å². The summed E-state index contributed by atoms with van der Waals surface area (Å²) in [5.41, 5.74) is 5.63. The van der Waals surface area contributed by atoms with E-state index in [2.05, 4.69) is 0 Å². The average molecular weight is 487 g/mol. The summed E-state index contributed by atoms with van der Waals surface area (Å²) in [5, 5.41) is 10.1. The van der Waals surface area contributed by atoms with E-state index in [-0.39, 0.29) is 31.4 Å². The monoisotopic (exact) mass is 485 g/mol. The molecule has 0 radical (unpaired) electrons. The van der Waals surface area contributed by atoms with E-state index >= 15 is 0 Å². The van der Waals surface area contributed by atoms with Crippen LogP contribution in [0.3, 0.4) is 0 Å². The third kappa shape index (κ3) is 8.16. The van der Waals surface area contributed by atoms with E-state index in [1.54, 1.807) is 25.1 Å². The van der Waals surface area contributed by atoms with E-state index in [0.717, 1.165) is 11.6 Å². The van der Waals surface area contributed by atoms with Crippen LogP contribution in [0.5, 0.6) is 5.75 Å². The van der Waals surface area contributed by atoms with Crippen molar-refractivity contribution in [1.82, 2.24) is 0 Å². The van der Waals surface area contributed by atoms with Crippen LogP contribution in [0, 0.1) is 0 Å². The molecule has 0 bridgehead atoms. The molecule has 168 valence electrons. The summed E-state index contributed by atoms with van der Waals surface area (Å²) in [4.78, 5) is 0. The molecule has 30 heavy (non-hydrogen) atoms. The quantitative estimate of drug-likeness (QED) is 0.422. The van der Waals surface area contributed by atoms with Gasteiger partial charge in [-0.25, -0.2) is 0 Å². The zero-order chi connectivity index (χ0) is 21.7. The van der Waals surface area contributed by atoms with Gasteiger partial charge in [-0.2, -0.15) is 13.2 Å². The maximum absolute atomic E-state index is 13.5. The number of hydrogen-bond donors (Lipinski definition) is 2. The lowest BCUT2D eigenvalue weighted by atomic mass is 9.94. The number of aliphatic hydroxyl groups is 1. The van der Waals surface area contributed by atoms with Crippen molar-refractivity contribution in [2.75, 3.05) is 13.2 Å². The Balaban J connectivity index is 0.00000450.